The Bertz CT molecular complexity index is 1750. The molecule has 3 aromatic heterocycles. The minimum absolute atomic E-state index is 0.330. The topological polar surface area (TPSA) is 51.3 Å². The number of benzene rings is 3. The molecular formula is C27H16F3N3OS2. The Kier molecular flexibility index (Phi) is 5.66. The van der Waals surface area contributed by atoms with E-state index in [-0.39, 0.29) is 0 Å². The van der Waals surface area contributed by atoms with Crippen molar-refractivity contribution in [3.63, 3.8) is 0 Å². The zero-order valence-electron chi connectivity index (χ0n) is 18.5. The first-order valence-corrected chi connectivity index (χ1v) is 12.6. The van der Waals surface area contributed by atoms with Gasteiger partial charge in [0.05, 0.1) is 21.3 Å². The van der Waals surface area contributed by atoms with Gasteiger partial charge in [0.25, 0.3) is 0 Å². The van der Waals surface area contributed by atoms with E-state index < -0.39 is 11.7 Å². The summed E-state index contributed by atoms with van der Waals surface area (Å²) in [5.41, 5.74) is 2.61. The van der Waals surface area contributed by atoms with E-state index in [1.807, 2.05) is 54.6 Å². The highest BCUT2D eigenvalue weighted by molar-refractivity contribution is 7.21. The van der Waals surface area contributed by atoms with E-state index in [1.165, 1.54) is 23.5 Å². The summed E-state index contributed by atoms with van der Waals surface area (Å²) in [6, 6.07) is 22.9. The zero-order chi connectivity index (χ0) is 24.7. The maximum Gasteiger partial charge on any atom is 0.416 e. The van der Waals surface area contributed by atoms with E-state index >= 15 is 0 Å². The Morgan fingerprint density at radius 1 is 0.889 bits per heavy atom. The molecule has 0 N–H and O–H groups in total. The van der Waals surface area contributed by atoms with Gasteiger partial charge in [-0.1, -0.05) is 59.9 Å². The minimum atomic E-state index is -4.38. The quantitative estimate of drug-likeness (QED) is 0.237. The molecule has 0 atom stereocenters. The fourth-order valence-corrected chi connectivity index (χ4v) is 5.66. The molecule has 9 heteroatoms. The van der Waals surface area contributed by atoms with Gasteiger partial charge in [-0.3, -0.25) is 0 Å². The third kappa shape index (κ3) is 4.55. The molecule has 0 radical (unpaired) electrons. The van der Waals surface area contributed by atoms with E-state index in [1.54, 1.807) is 23.6 Å². The minimum Gasteiger partial charge on any atom is -0.438 e. The van der Waals surface area contributed by atoms with Crippen molar-refractivity contribution in [1.82, 2.24) is 9.97 Å². The summed E-state index contributed by atoms with van der Waals surface area (Å²) in [5.74, 6) is 0. The van der Waals surface area contributed by atoms with Crippen molar-refractivity contribution >= 4 is 49.0 Å². The second kappa shape index (κ2) is 9.00. The monoisotopic (exact) mass is 519 g/mol. The molecule has 36 heavy (non-hydrogen) atoms. The molecule has 0 saturated carbocycles. The second-order valence-electron chi connectivity index (χ2n) is 8.09. The highest BCUT2D eigenvalue weighted by Crippen LogP contribution is 2.32. The summed E-state index contributed by atoms with van der Waals surface area (Å²) in [4.78, 5) is 14.6. The van der Waals surface area contributed by atoms with Crippen LogP contribution in [-0.2, 0) is 12.6 Å². The van der Waals surface area contributed by atoms with Crippen LogP contribution in [0, 0.1) is 0 Å². The third-order valence-corrected chi connectivity index (χ3v) is 7.51. The van der Waals surface area contributed by atoms with Crippen LogP contribution in [-0.4, -0.2) is 9.97 Å². The van der Waals surface area contributed by atoms with Gasteiger partial charge in [-0.15, -0.1) is 11.3 Å². The van der Waals surface area contributed by atoms with E-state index in [2.05, 4.69) is 9.98 Å². The largest absolute Gasteiger partial charge is 0.438 e. The van der Waals surface area contributed by atoms with E-state index in [0.29, 0.717) is 28.3 Å². The SMILES string of the molecule is FC(F)(F)c1cccc(Cc2cnc(N=c3oc4ccccc4cc3-c3nc4ccccc4s3)s2)c1. The fourth-order valence-electron chi connectivity index (χ4n) is 3.87. The molecule has 0 spiro atoms. The number of rotatable bonds is 4. The molecule has 6 aromatic rings. The Morgan fingerprint density at radius 2 is 1.72 bits per heavy atom. The second-order valence-corrected chi connectivity index (χ2v) is 10.2. The molecule has 0 aliphatic rings. The van der Waals surface area contributed by atoms with Crippen LogP contribution in [0.25, 0.3) is 31.8 Å². The average Bonchev–Trinajstić information content (AvgIpc) is 3.50. The van der Waals surface area contributed by atoms with Crippen LogP contribution in [0.5, 0.6) is 0 Å². The Balaban J connectivity index is 1.41. The smallest absolute Gasteiger partial charge is 0.416 e. The standard InChI is InChI=1S/C27H16F3N3OS2/c28-27(29,30)18-8-5-6-16(12-18)13-19-15-31-26(35-19)33-24-20(14-17-7-1-3-10-22(17)34-24)25-32-21-9-2-4-11-23(21)36-25/h1-12,14-15H,13H2. The molecule has 0 amide bonds. The predicted molar refractivity (Wildman–Crippen MR) is 136 cm³/mol. The lowest BCUT2D eigenvalue weighted by Gasteiger charge is -2.07. The van der Waals surface area contributed by atoms with E-state index in [0.717, 1.165) is 37.1 Å². The van der Waals surface area contributed by atoms with E-state index in [9.17, 15) is 13.2 Å². The summed E-state index contributed by atoms with van der Waals surface area (Å²) >= 11 is 2.87. The molecule has 0 aliphatic carbocycles. The lowest BCUT2D eigenvalue weighted by atomic mass is 10.1. The summed E-state index contributed by atoms with van der Waals surface area (Å²) in [7, 11) is 0. The molecule has 178 valence electrons. The first-order chi connectivity index (χ1) is 17.4. The number of alkyl halides is 3. The summed E-state index contributed by atoms with van der Waals surface area (Å²) in [5, 5.41) is 2.17. The molecule has 0 fully saturated rings. The Labute approximate surface area is 211 Å². The summed E-state index contributed by atoms with van der Waals surface area (Å²) < 4.78 is 46.4. The number of hydrogen-bond donors (Lipinski definition) is 0. The predicted octanol–water partition coefficient (Wildman–Crippen LogP) is 8.01. The van der Waals surface area contributed by atoms with Gasteiger partial charge in [0, 0.05) is 22.9 Å². The lowest BCUT2D eigenvalue weighted by molar-refractivity contribution is -0.137. The van der Waals surface area contributed by atoms with Crippen LogP contribution >= 0.6 is 22.7 Å². The number of halogens is 3. The molecule has 0 unspecified atom stereocenters. The van der Waals surface area contributed by atoms with Crippen LogP contribution in [0.15, 0.2) is 94.5 Å². The van der Waals surface area contributed by atoms with Crippen LogP contribution in [0.4, 0.5) is 18.3 Å². The number of hydrogen-bond acceptors (Lipinski definition) is 6. The van der Waals surface area contributed by atoms with Crippen molar-refractivity contribution in [2.75, 3.05) is 0 Å². The van der Waals surface area contributed by atoms with Gasteiger partial charge in [-0.25, -0.2) is 9.97 Å². The lowest BCUT2D eigenvalue weighted by Crippen LogP contribution is -2.05. The maximum absolute atomic E-state index is 13.1. The van der Waals surface area contributed by atoms with Crippen molar-refractivity contribution in [3.05, 3.63) is 107 Å². The van der Waals surface area contributed by atoms with Gasteiger partial charge in [0.2, 0.25) is 10.7 Å². The Morgan fingerprint density at radius 3 is 2.58 bits per heavy atom. The molecule has 6 rings (SSSR count). The Hall–Kier alpha value is -3.82. The number of nitrogens with zero attached hydrogens (tertiary/aromatic N) is 3. The zero-order valence-corrected chi connectivity index (χ0v) is 20.1. The third-order valence-electron chi connectivity index (χ3n) is 5.55. The van der Waals surface area contributed by atoms with Crippen molar-refractivity contribution in [1.29, 1.82) is 0 Å². The summed E-state index contributed by atoms with van der Waals surface area (Å²) in [6.07, 6.45) is -2.41. The van der Waals surface area contributed by atoms with Crippen LogP contribution < -0.4 is 5.55 Å². The van der Waals surface area contributed by atoms with Crippen molar-refractivity contribution in [2.45, 2.75) is 12.6 Å². The molecule has 0 aliphatic heterocycles. The number of thiazole rings is 2. The van der Waals surface area contributed by atoms with Gasteiger partial charge in [-0.2, -0.15) is 18.2 Å². The molecule has 3 aromatic carbocycles. The highest BCUT2D eigenvalue weighted by Gasteiger charge is 2.30. The van der Waals surface area contributed by atoms with Gasteiger partial charge in [0.1, 0.15) is 10.6 Å². The molecular weight excluding hydrogens is 503 g/mol. The highest BCUT2D eigenvalue weighted by atomic mass is 32.1. The first-order valence-electron chi connectivity index (χ1n) is 11.0. The fraction of sp³-hybridized carbons (Fsp3) is 0.0741. The van der Waals surface area contributed by atoms with Crippen molar-refractivity contribution in [2.24, 2.45) is 4.99 Å². The van der Waals surface area contributed by atoms with Crippen molar-refractivity contribution in [3.8, 4) is 10.6 Å². The average molecular weight is 520 g/mol. The van der Waals surface area contributed by atoms with Gasteiger partial charge < -0.3 is 4.42 Å². The molecule has 3 heterocycles. The normalized spacial score (nSPS) is 12.6. The van der Waals surface area contributed by atoms with Crippen LogP contribution in [0.1, 0.15) is 16.0 Å². The van der Waals surface area contributed by atoms with Crippen LogP contribution in [0.2, 0.25) is 0 Å². The first kappa shape index (κ1) is 22.6. The number of para-hydroxylation sites is 2. The van der Waals surface area contributed by atoms with Gasteiger partial charge in [-0.05, 0) is 35.9 Å². The molecule has 0 bridgehead atoms. The number of fused-ring (bicyclic) bond motifs is 2. The van der Waals surface area contributed by atoms with Crippen LogP contribution in [0.3, 0.4) is 0 Å². The molecule has 0 saturated heterocycles. The van der Waals surface area contributed by atoms with Gasteiger partial charge in [0.15, 0.2) is 0 Å². The molecule has 4 nitrogen and oxygen atoms in total. The van der Waals surface area contributed by atoms with Crippen molar-refractivity contribution < 1.29 is 17.6 Å². The number of aromatic nitrogens is 2. The van der Waals surface area contributed by atoms with E-state index in [4.69, 9.17) is 9.40 Å². The van der Waals surface area contributed by atoms with Gasteiger partial charge >= 0.3 is 6.18 Å². The maximum atomic E-state index is 13.1. The summed E-state index contributed by atoms with van der Waals surface area (Å²) in [6.45, 7) is 0.